The molecule has 7 heteroatoms. The van der Waals surface area contributed by atoms with Crippen LogP contribution in [0.1, 0.15) is 63.4 Å². The number of nitrogens with zero attached hydrogens (tertiary/aromatic N) is 2. The second-order valence-corrected chi connectivity index (χ2v) is 10.2. The highest BCUT2D eigenvalue weighted by Gasteiger charge is 2.29. The molecule has 30 heavy (non-hydrogen) atoms. The smallest absolute Gasteiger partial charge is 0.246 e. The number of likely N-dealkylation sites (N-methyl/N-ethyl adjacent to an activating group) is 1. The molecule has 6 nitrogen and oxygen atoms in total. The number of carbonyl (C=O) groups is 1. The lowest BCUT2D eigenvalue weighted by Gasteiger charge is -2.26. The van der Waals surface area contributed by atoms with Crippen LogP contribution in [0.5, 0.6) is 5.75 Å². The molecule has 0 aromatic heterocycles. The Bertz CT molecular complexity index is 852. The van der Waals surface area contributed by atoms with E-state index in [9.17, 15) is 13.2 Å². The van der Waals surface area contributed by atoms with Crippen LogP contribution < -0.4 is 4.74 Å². The number of ether oxygens (including phenoxy) is 1. The minimum atomic E-state index is -3.62. The summed E-state index contributed by atoms with van der Waals surface area (Å²) >= 11 is 0. The van der Waals surface area contributed by atoms with Gasteiger partial charge in [-0.2, -0.15) is 4.31 Å². The first kappa shape index (κ1) is 22.8. The summed E-state index contributed by atoms with van der Waals surface area (Å²) in [5.41, 5.74) is 0.675. The number of methoxy groups -OCH3 is 1. The van der Waals surface area contributed by atoms with Crippen molar-refractivity contribution in [1.82, 2.24) is 9.21 Å². The molecule has 0 N–H and O–H groups in total. The molecule has 2 aliphatic rings. The zero-order valence-corrected chi connectivity index (χ0v) is 19.0. The molecule has 0 unspecified atom stereocenters. The summed E-state index contributed by atoms with van der Waals surface area (Å²) in [5, 5.41) is 0. The lowest BCUT2D eigenvalue weighted by Crippen LogP contribution is -2.35. The highest BCUT2D eigenvalue weighted by Crippen LogP contribution is 2.30. The van der Waals surface area contributed by atoms with Crippen LogP contribution in [0.15, 0.2) is 29.2 Å². The Morgan fingerprint density at radius 2 is 1.70 bits per heavy atom. The molecule has 166 valence electrons. The van der Waals surface area contributed by atoms with E-state index in [0.717, 1.165) is 32.1 Å². The maximum Gasteiger partial charge on any atom is 0.246 e. The molecule has 3 rings (SSSR count). The fraction of sp³-hybridized carbons (Fsp3) is 0.609. The van der Waals surface area contributed by atoms with Gasteiger partial charge in [0, 0.05) is 32.3 Å². The van der Waals surface area contributed by atoms with E-state index in [2.05, 4.69) is 0 Å². The van der Waals surface area contributed by atoms with E-state index in [0.29, 0.717) is 24.4 Å². The zero-order chi connectivity index (χ0) is 21.6. The summed E-state index contributed by atoms with van der Waals surface area (Å²) in [6.45, 7) is 1.08. The van der Waals surface area contributed by atoms with E-state index >= 15 is 0 Å². The van der Waals surface area contributed by atoms with E-state index in [4.69, 9.17) is 4.74 Å². The number of hydrogen-bond acceptors (Lipinski definition) is 4. The Kier molecular flexibility index (Phi) is 7.94. The van der Waals surface area contributed by atoms with Gasteiger partial charge in [-0.25, -0.2) is 8.42 Å². The highest BCUT2D eigenvalue weighted by molar-refractivity contribution is 7.89. The van der Waals surface area contributed by atoms with E-state index in [-0.39, 0.29) is 16.8 Å². The molecular weight excluding hydrogens is 400 g/mol. The molecule has 0 bridgehead atoms. The van der Waals surface area contributed by atoms with Gasteiger partial charge in [0.1, 0.15) is 10.6 Å². The highest BCUT2D eigenvalue weighted by atomic mass is 32.2. The molecule has 2 fully saturated rings. The number of amides is 1. The second-order valence-electron chi connectivity index (χ2n) is 8.30. The topological polar surface area (TPSA) is 66.9 Å². The van der Waals surface area contributed by atoms with Crippen molar-refractivity contribution >= 4 is 22.0 Å². The predicted molar refractivity (Wildman–Crippen MR) is 119 cm³/mol. The molecule has 0 spiro atoms. The van der Waals surface area contributed by atoms with E-state index in [1.54, 1.807) is 30.4 Å². The molecule has 1 aromatic rings. The summed E-state index contributed by atoms with van der Waals surface area (Å²) in [5.74, 6) is 0.290. The van der Waals surface area contributed by atoms with Crippen LogP contribution in [0.2, 0.25) is 0 Å². The number of benzene rings is 1. The molecule has 1 aromatic carbocycles. The van der Waals surface area contributed by atoms with Crippen molar-refractivity contribution in [2.45, 2.75) is 68.7 Å². The predicted octanol–water partition coefficient (Wildman–Crippen LogP) is 4.06. The molecule has 0 radical (unpaired) electrons. The summed E-state index contributed by atoms with van der Waals surface area (Å²) in [4.78, 5) is 14.7. The van der Waals surface area contributed by atoms with Gasteiger partial charge < -0.3 is 9.64 Å². The van der Waals surface area contributed by atoms with Gasteiger partial charge in [-0.3, -0.25) is 4.79 Å². The number of hydrogen-bond donors (Lipinski definition) is 0. The van der Waals surface area contributed by atoms with Crippen molar-refractivity contribution in [2.24, 2.45) is 0 Å². The van der Waals surface area contributed by atoms with Crippen LogP contribution >= 0.6 is 0 Å². The Morgan fingerprint density at radius 3 is 2.33 bits per heavy atom. The monoisotopic (exact) mass is 434 g/mol. The van der Waals surface area contributed by atoms with Crippen molar-refractivity contribution in [3.05, 3.63) is 29.8 Å². The van der Waals surface area contributed by atoms with Crippen LogP contribution in [0.4, 0.5) is 0 Å². The Balaban J connectivity index is 1.77. The summed E-state index contributed by atoms with van der Waals surface area (Å²) in [6, 6.07) is 5.34. The SMILES string of the molecule is COc1ccc(/C=C/C(=O)N(C)C2CCCCCC2)cc1S(=O)(=O)N1CCCCC1. The van der Waals surface area contributed by atoms with E-state index < -0.39 is 10.0 Å². The van der Waals surface area contributed by atoms with Crippen LogP contribution in [0, 0.1) is 0 Å². The molecule has 1 heterocycles. The number of piperidine rings is 1. The zero-order valence-electron chi connectivity index (χ0n) is 18.2. The van der Waals surface area contributed by atoms with Crippen LogP contribution in [0.25, 0.3) is 6.08 Å². The molecular formula is C23H34N2O4S. The van der Waals surface area contributed by atoms with Crippen LogP contribution in [-0.2, 0) is 14.8 Å². The fourth-order valence-electron chi connectivity index (χ4n) is 4.35. The third-order valence-electron chi connectivity index (χ3n) is 6.26. The number of rotatable bonds is 6. The maximum atomic E-state index is 13.2. The molecule has 1 amide bonds. The normalized spacial score (nSPS) is 19.5. The Morgan fingerprint density at radius 1 is 1.07 bits per heavy atom. The first-order valence-electron chi connectivity index (χ1n) is 11.1. The van der Waals surface area contributed by atoms with E-state index in [1.807, 2.05) is 11.9 Å². The van der Waals surface area contributed by atoms with Gasteiger partial charge >= 0.3 is 0 Å². The number of carbonyl (C=O) groups excluding carboxylic acids is 1. The lowest BCUT2D eigenvalue weighted by atomic mass is 10.1. The van der Waals surface area contributed by atoms with Gasteiger partial charge in [0.2, 0.25) is 15.9 Å². The first-order chi connectivity index (χ1) is 14.4. The standard InChI is InChI=1S/C23H34N2O4S/c1-24(20-10-6-3-4-7-11-20)23(26)15-13-19-12-14-21(29-2)22(18-19)30(27,28)25-16-8-5-9-17-25/h12-15,18,20H,3-11,16-17H2,1-2H3/b15-13+. The van der Waals surface area contributed by atoms with Gasteiger partial charge in [0.25, 0.3) is 0 Å². The second kappa shape index (κ2) is 10.4. The van der Waals surface area contributed by atoms with Crippen LogP contribution in [-0.4, -0.2) is 56.8 Å². The van der Waals surface area contributed by atoms with Gasteiger partial charge in [0.15, 0.2) is 0 Å². The lowest BCUT2D eigenvalue weighted by molar-refractivity contribution is -0.126. The average molecular weight is 435 g/mol. The quantitative estimate of drug-likeness (QED) is 0.500. The molecule has 1 aliphatic carbocycles. The molecule has 1 saturated heterocycles. The fourth-order valence-corrected chi connectivity index (χ4v) is 6.06. The third-order valence-corrected chi connectivity index (χ3v) is 8.18. The Hall–Kier alpha value is -1.86. The van der Waals surface area contributed by atoms with Crippen molar-refractivity contribution in [3.63, 3.8) is 0 Å². The minimum absolute atomic E-state index is 0.0434. The molecule has 1 aliphatic heterocycles. The van der Waals surface area contributed by atoms with Gasteiger partial charge in [0.05, 0.1) is 7.11 Å². The Labute approximate surface area is 180 Å². The number of sulfonamides is 1. The van der Waals surface area contributed by atoms with Gasteiger partial charge in [-0.05, 0) is 49.5 Å². The maximum absolute atomic E-state index is 13.2. The average Bonchev–Trinajstić information content (AvgIpc) is 3.07. The van der Waals surface area contributed by atoms with Crippen LogP contribution in [0.3, 0.4) is 0 Å². The van der Waals surface area contributed by atoms with Crippen molar-refractivity contribution < 1.29 is 17.9 Å². The van der Waals surface area contributed by atoms with Gasteiger partial charge in [-0.15, -0.1) is 0 Å². The third kappa shape index (κ3) is 5.43. The first-order valence-corrected chi connectivity index (χ1v) is 12.5. The van der Waals surface area contributed by atoms with Crippen molar-refractivity contribution in [2.75, 3.05) is 27.2 Å². The largest absolute Gasteiger partial charge is 0.495 e. The minimum Gasteiger partial charge on any atom is -0.495 e. The summed E-state index contributed by atoms with van der Waals surface area (Å²) in [6.07, 6.45) is 13.0. The van der Waals surface area contributed by atoms with Gasteiger partial charge in [-0.1, -0.05) is 38.2 Å². The molecule has 0 atom stereocenters. The summed E-state index contributed by atoms with van der Waals surface area (Å²) in [7, 11) is -0.283. The van der Waals surface area contributed by atoms with Crippen molar-refractivity contribution in [1.29, 1.82) is 0 Å². The summed E-state index contributed by atoms with van der Waals surface area (Å²) < 4.78 is 33.2. The molecule has 1 saturated carbocycles. The van der Waals surface area contributed by atoms with Crippen molar-refractivity contribution in [3.8, 4) is 5.75 Å². The van der Waals surface area contributed by atoms with E-state index in [1.165, 1.54) is 37.1 Å².